The monoisotopic (exact) mass is 397 g/mol. The quantitative estimate of drug-likeness (QED) is 0.656. The molecule has 0 aliphatic carbocycles. The summed E-state index contributed by atoms with van der Waals surface area (Å²) in [4.78, 5) is 27.8. The maximum atomic E-state index is 12.0. The number of hydrogen-bond acceptors (Lipinski definition) is 4. The smallest absolute Gasteiger partial charge is 0.255 e. The molecule has 2 aromatic carbocycles. The van der Waals surface area contributed by atoms with E-state index in [2.05, 4.69) is 10.3 Å². The first kappa shape index (κ1) is 19.6. The number of benzene rings is 2. The Kier molecular flexibility index (Phi) is 5.80. The van der Waals surface area contributed by atoms with Gasteiger partial charge in [0.05, 0.1) is 11.2 Å². The van der Waals surface area contributed by atoms with Crippen LogP contribution in [0.2, 0.25) is 5.02 Å². The summed E-state index contributed by atoms with van der Waals surface area (Å²) in [6.45, 7) is 3.37. The number of primary amides is 1. The average molecular weight is 398 g/mol. The van der Waals surface area contributed by atoms with Crippen molar-refractivity contribution in [2.75, 3.05) is 11.9 Å². The molecule has 3 rings (SSSR count). The summed E-state index contributed by atoms with van der Waals surface area (Å²) in [5.74, 6) is -0.368. The summed E-state index contributed by atoms with van der Waals surface area (Å²) >= 11 is 5.96. The lowest BCUT2D eigenvalue weighted by Crippen LogP contribution is -2.20. The van der Waals surface area contributed by atoms with Crippen LogP contribution in [-0.2, 0) is 9.59 Å². The zero-order valence-electron chi connectivity index (χ0n) is 15.5. The second-order valence-corrected chi connectivity index (χ2v) is 7.08. The largest absolute Gasteiger partial charge is 0.483 e. The number of carbonyl (C=O) groups excluding carboxylic acids is 2. The van der Waals surface area contributed by atoms with Gasteiger partial charge in [0.2, 0.25) is 5.91 Å². The molecule has 0 aliphatic rings. The van der Waals surface area contributed by atoms with E-state index in [1.807, 2.05) is 26.0 Å². The second kappa shape index (κ2) is 8.27. The van der Waals surface area contributed by atoms with Crippen LogP contribution in [0.15, 0.2) is 48.5 Å². The standard InChI is InChI=1S/C21H20ClN3O3/c1-12(2)21(27)24-15-7-8-17-16(9-15)19(28-11-20(23)26)10-18(25-17)13-3-5-14(22)6-4-13/h3-10,12H,11H2,1-2H3,(H2,23,26)(H,24,27). The van der Waals surface area contributed by atoms with Crippen molar-refractivity contribution in [1.29, 1.82) is 0 Å². The summed E-state index contributed by atoms with van der Waals surface area (Å²) in [6, 6.07) is 14.3. The predicted molar refractivity (Wildman–Crippen MR) is 110 cm³/mol. The Balaban J connectivity index is 2.07. The van der Waals surface area contributed by atoms with E-state index >= 15 is 0 Å². The number of pyridine rings is 1. The first-order valence-electron chi connectivity index (χ1n) is 8.76. The molecule has 144 valence electrons. The number of hydrogen-bond donors (Lipinski definition) is 2. The Bertz CT molecular complexity index is 1030. The van der Waals surface area contributed by atoms with Crippen molar-refractivity contribution in [3.63, 3.8) is 0 Å². The van der Waals surface area contributed by atoms with E-state index in [0.29, 0.717) is 33.1 Å². The first-order valence-corrected chi connectivity index (χ1v) is 9.14. The highest BCUT2D eigenvalue weighted by atomic mass is 35.5. The van der Waals surface area contributed by atoms with Crippen molar-refractivity contribution in [3.8, 4) is 17.0 Å². The van der Waals surface area contributed by atoms with Crippen LogP contribution in [0.5, 0.6) is 5.75 Å². The lowest BCUT2D eigenvalue weighted by molar-refractivity contribution is -0.120. The molecule has 0 spiro atoms. The van der Waals surface area contributed by atoms with Crippen molar-refractivity contribution in [3.05, 3.63) is 53.6 Å². The number of nitrogens with two attached hydrogens (primary N) is 1. The van der Waals surface area contributed by atoms with E-state index in [0.717, 1.165) is 5.56 Å². The van der Waals surface area contributed by atoms with Gasteiger partial charge in [0.15, 0.2) is 6.61 Å². The van der Waals surface area contributed by atoms with Crippen molar-refractivity contribution in [2.24, 2.45) is 11.7 Å². The molecule has 0 atom stereocenters. The summed E-state index contributed by atoms with van der Waals surface area (Å²) in [6.07, 6.45) is 0. The number of anilines is 1. The van der Waals surface area contributed by atoms with Crippen molar-refractivity contribution < 1.29 is 14.3 Å². The van der Waals surface area contributed by atoms with Gasteiger partial charge in [0, 0.05) is 33.6 Å². The number of amides is 2. The fourth-order valence-corrected chi connectivity index (χ4v) is 2.72. The van der Waals surface area contributed by atoms with Gasteiger partial charge in [-0.25, -0.2) is 4.98 Å². The molecule has 6 nitrogen and oxygen atoms in total. The van der Waals surface area contributed by atoms with Crippen molar-refractivity contribution in [1.82, 2.24) is 4.98 Å². The maximum absolute atomic E-state index is 12.0. The molecule has 28 heavy (non-hydrogen) atoms. The molecule has 3 aromatic rings. The van der Waals surface area contributed by atoms with E-state index in [9.17, 15) is 9.59 Å². The normalized spacial score (nSPS) is 10.9. The van der Waals surface area contributed by atoms with Gasteiger partial charge in [-0.05, 0) is 30.3 Å². The Labute approximate surface area is 167 Å². The van der Waals surface area contributed by atoms with Gasteiger partial charge < -0.3 is 15.8 Å². The number of aromatic nitrogens is 1. The maximum Gasteiger partial charge on any atom is 0.255 e. The highest BCUT2D eigenvalue weighted by Gasteiger charge is 2.13. The second-order valence-electron chi connectivity index (χ2n) is 6.64. The van der Waals surface area contributed by atoms with Gasteiger partial charge in [0.25, 0.3) is 5.91 Å². The Morgan fingerprint density at radius 2 is 1.86 bits per heavy atom. The Morgan fingerprint density at radius 1 is 1.14 bits per heavy atom. The minimum atomic E-state index is -0.581. The van der Waals surface area contributed by atoms with Crippen molar-refractivity contribution >= 4 is 40.0 Å². The third kappa shape index (κ3) is 4.58. The molecule has 0 radical (unpaired) electrons. The number of fused-ring (bicyclic) bond motifs is 1. The van der Waals surface area contributed by atoms with Crippen LogP contribution in [0.1, 0.15) is 13.8 Å². The molecule has 1 heterocycles. The molecule has 0 aliphatic heterocycles. The minimum Gasteiger partial charge on any atom is -0.483 e. The highest BCUT2D eigenvalue weighted by Crippen LogP contribution is 2.32. The van der Waals surface area contributed by atoms with Gasteiger partial charge in [-0.15, -0.1) is 0 Å². The third-order valence-corrected chi connectivity index (χ3v) is 4.32. The molecule has 0 saturated carbocycles. The molecule has 2 amide bonds. The van der Waals surface area contributed by atoms with Crippen LogP contribution < -0.4 is 15.8 Å². The fourth-order valence-electron chi connectivity index (χ4n) is 2.60. The zero-order valence-corrected chi connectivity index (χ0v) is 16.3. The van der Waals surface area contributed by atoms with Crippen molar-refractivity contribution in [2.45, 2.75) is 13.8 Å². The van der Waals surface area contributed by atoms with E-state index < -0.39 is 5.91 Å². The lowest BCUT2D eigenvalue weighted by atomic mass is 10.1. The Morgan fingerprint density at radius 3 is 2.50 bits per heavy atom. The molecule has 7 heteroatoms. The number of nitrogens with one attached hydrogen (secondary N) is 1. The number of halogens is 1. The zero-order chi connectivity index (χ0) is 20.3. The molecule has 3 N–H and O–H groups in total. The van der Waals surface area contributed by atoms with E-state index in [4.69, 9.17) is 22.1 Å². The third-order valence-electron chi connectivity index (χ3n) is 4.07. The molecule has 0 saturated heterocycles. The van der Waals surface area contributed by atoms with Crippen LogP contribution >= 0.6 is 11.6 Å². The molecule has 0 fully saturated rings. The molecule has 0 bridgehead atoms. The molecule has 1 aromatic heterocycles. The van der Waals surface area contributed by atoms with Crippen LogP contribution in [0, 0.1) is 5.92 Å². The minimum absolute atomic E-state index is 0.0929. The fraction of sp³-hybridized carbons (Fsp3) is 0.190. The van der Waals surface area contributed by atoms with Gasteiger partial charge in [0.1, 0.15) is 5.75 Å². The first-order chi connectivity index (χ1) is 13.3. The van der Waals surface area contributed by atoms with E-state index in [-0.39, 0.29) is 18.4 Å². The summed E-state index contributed by atoms with van der Waals surface area (Å²) in [7, 11) is 0. The number of ether oxygens (including phenoxy) is 1. The van der Waals surface area contributed by atoms with Crippen LogP contribution in [0.25, 0.3) is 22.2 Å². The summed E-state index contributed by atoms with van der Waals surface area (Å²) in [5.41, 5.74) is 8.03. The highest BCUT2D eigenvalue weighted by molar-refractivity contribution is 6.30. The van der Waals surface area contributed by atoms with E-state index in [1.54, 1.807) is 36.4 Å². The van der Waals surface area contributed by atoms with Crippen LogP contribution in [0.3, 0.4) is 0 Å². The van der Waals surface area contributed by atoms with E-state index in [1.165, 1.54) is 0 Å². The average Bonchev–Trinajstić information content (AvgIpc) is 2.66. The summed E-state index contributed by atoms with van der Waals surface area (Å²) in [5, 5.41) is 4.14. The SMILES string of the molecule is CC(C)C(=O)Nc1ccc2nc(-c3ccc(Cl)cc3)cc(OCC(N)=O)c2c1. The number of nitrogens with zero attached hydrogens (tertiary/aromatic N) is 1. The van der Waals surface area contributed by atoms with Crippen LogP contribution in [0.4, 0.5) is 5.69 Å². The van der Waals surface area contributed by atoms with Gasteiger partial charge in [-0.3, -0.25) is 9.59 Å². The van der Waals surface area contributed by atoms with Gasteiger partial charge in [-0.2, -0.15) is 0 Å². The van der Waals surface area contributed by atoms with Crippen LogP contribution in [-0.4, -0.2) is 23.4 Å². The summed E-state index contributed by atoms with van der Waals surface area (Å²) < 4.78 is 5.62. The molecular weight excluding hydrogens is 378 g/mol. The lowest BCUT2D eigenvalue weighted by Gasteiger charge is -2.13. The predicted octanol–water partition coefficient (Wildman–Crippen LogP) is 4.01. The van der Waals surface area contributed by atoms with Gasteiger partial charge in [-0.1, -0.05) is 37.6 Å². The number of carbonyl (C=O) groups is 2. The Hall–Kier alpha value is -3.12. The number of rotatable bonds is 6. The molecular formula is C21H20ClN3O3. The molecule has 0 unspecified atom stereocenters. The topological polar surface area (TPSA) is 94.3 Å². The van der Waals surface area contributed by atoms with Gasteiger partial charge >= 0.3 is 0 Å².